The average molecular weight is 203 g/mol. The van der Waals surface area contributed by atoms with Gasteiger partial charge in [-0.05, 0) is 6.42 Å². The predicted octanol–water partition coefficient (Wildman–Crippen LogP) is 1.07. The Morgan fingerprint density at radius 2 is 2.00 bits per heavy atom. The third kappa shape index (κ3) is 1.87. The summed E-state index contributed by atoms with van der Waals surface area (Å²) in [4.78, 5) is 12.0. The highest BCUT2D eigenvalue weighted by Gasteiger charge is 2.10. The number of nitrogens with zero attached hydrogens (tertiary/aromatic N) is 4. The molecule has 0 unspecified atom stereocenters. The lowest BCUT2D eigenvalue weighted by molar-refractivity contribution is 0.659. The summed E-state index contributed by atoms with van der Waals surface area (Å²) in [5.74, 6) is 0. The Labute approximate surface area is 88.0 Å². The Kier molecular flexibility index (Phi) is 2.73. The zero-order valence-corrected chi connectivity index (χ0v) is 8.54. The maximum Gasteiger partial charge on any atom is 0.115 e. The van der Waals surface area contributed by atoms with Crippen molar-refractivity contribution in [2.75, 3.05) is 0 Å². The minimum absolute atomic E-state index is 0.00675. The fourth-order valence-corrected chi connectivity index (χ4v) is 1.42. The van der Waals surface area contributed by atoms with Crippen LogP contribution in [0.5, 0.6) is 0 Å². The van der Waals surface area contributed by atoms with Crippen LogP contribution in [0.15, 0.2) is 31.2 Å². The van der Waals surface area contributed by atoms with Gasteiger partial charge in [-0.15, -0.1) is 0 Å². The number of imidazole rings is 1. The van der Waals surface area contributed by atoms with Gasteiger partial charge in [0, 0.05) is 6.04 Å². The third-order valence-electron chi connectivity index (χ3n) is 2.31. The van der Waals surface area contributed by atoms with Crippen LogP contribution in [0.4, 0.5) is 0 Å². The number of hydrogen-bond donors (Lipinski definition) is 1. The Balaban J connectivity index is 2.41. The molecule has 0 aromatic carbocycles. The van der Waals surface area contributed by atoms with Gasteiger partial charge in [-0.25, -0.2) is 15.0 Å². The molecule has 15 heavy (non-hydrogen) atoms. The molecule has 0 aliphatic carbocycles. The van der Waals surface area contributed by atoms with Gasteiger partial charge in [0.05, 0.1) is 36.3 Å². The monoisotopic (exact) mass is 203 g/mol. The van der Waals surface area contributed by atoms with E-state index < -0.39 is 0 Å². The molecule has 0 radical (unpaired) electrons. The van der Waals surface area contributed by atoms with Crippen molar-refractivity contribution in [3.63, 3.8) is 0 Å². The number of nitrogens with two attached hydrogens (primary N) is 1. The van der Waals surface area contributed by atoms with Crippen molar-refractivity contribution in [2.24, 2.45) is 5.73 Å². The van der Waals surface area contributed by atoms with Crippen LogP contribution in [0.2, 0.25) is 0 Å². The molecule has 0 aliphatic rings. The first-order chi connectivity index (χ1) is 7.33. The Bertz CT molecular complexity index is 422. The van der Waals surface area contributed by atoms with Crippen molar-refractivity contribution >= 4 is 0 Å². The maximum atomic E-state index is 5.98. The van der Waals surface area contributed by atoms with Crippen LogP contribution < -0.4 is 5.73 Å². The van der Waals surface area contributed by atoms with Crippen LogP contribution in [-0.4, -0.2) is 19.5 Å². The minimum Gasteiger partial charge on any atom is -0.323 e. The van der Waals surface area contributed by atoms with Crippen LogP contribution in [0.25, 0.3) is 5.69 Å². The summed E-state index contributed by atoms with van der Waals surface area (Å²) in [6.45, 7) is 2.05. The average Bonchev–Trinajstić information content (AvgIpc) is 2.78. The molecule has 1 atom stereocenters. The second-order valence-corrected chi connectivity index (χ2v) is 3.30. The number of rotatable bonds is 3. The summed E-state index contributed by atoms with van der Waals surface area (Å²) < 4.78 is 1.91. The molecule has 5 heteroatoms. The minimum atomic E-state index is -0.00675. The van der Waals surface area contributed by atoms with Gasteiger partial charge < -0.3 is 5.73 Å². The maximum absolute atomic E-state index is 5.98. The number of aromatic nitrogens is 4. The molecule has 5 nitrogen and oxygen atoms in total. The van der Waals surface area contributed by atoms with Crippen molar-refractivity contribution in [3.05, 3.63) is 36.9 Å². The van der Waals surface area contributed by atoms with E-state index >= 15 is 0 Å². The Morgan fingerprint density at radius 1 is 1.27 bits per heavy atom. The molecular weight excluding hydrogens is 190 g/mol. The van der Waals surface area contributed by atoms with Gasteiger partial charge in [0.1, 0.15) is 6.33 Å². The quantitative estimate of drug-likeness (QED) is 0.810. The summed E-state index contributed by atoms with van der Waals surface area (Å²) in [5.41, 5.74) is 7.84. The van der Waals surface area contributed by atoms with Crippen LogP contribution in [0.3, 0.4) is 0 Å². The van der Waals surface area contributed by atoms with E-state index in [4.69, 9.17) is 5.73 Å². The molecule has 0 bridgehead atoms. The summed E-state index contributed by atoms with van der Waals surface area (Å²) in [5, 5.41) is 0. The molecule has 2 aromatic heterocycles. The van der Waals surface area contributed by atoms with Gasteiger partial charge in [0.2, 0.25) is 0 Å². The van der Waals surface area contributed by atoms with Crippen LogP contribution in [0, 0.1) is 0 Å². The van der Waals surface area contributed by atoms with E-state index in [1.807, 2.05) is 11.5 Å². The highest BCUT2D eigenvalue weighted by molar-refractivity contribution is 5.28. The molecule has 0 spiro atoms. The van der Waals surface area contributed by atoms with Crippen molar-refractivity contribution in [3.8, 4) is 5.69 Å². The van der Waals surface area contributed by atoms with Gasteiger partial charge in [-0.3, -0.25) is 4.57 Å². The van der Waals surface area contributed by atoms with Crippen LogP contribution >= 0.6 is 0 Å². The Morgan fingerprint density at radius 3 is 2.67 bits per heavy atom. The van der Waals surface area contributed by atoms with E-state index in [0.29, 0.717) is 0 Å². The normalized spacial score (nSPS) is 12.7. The topological polar surface area (TPSA) is 69.6 Å². The summed E-state index contributed by atoms with van der Waals surface area (Å²) in [7, 11) is 0. The molecular formula is C10H13N5. The molecule has 0 amide bonds. The summed E-state index contributed by atoms with van der Waals surface area (Å²) >= 11 is 0. The standard InChI is InChI=1S/C10H13N5/c1-2-9(11)10-5-14-7-15(10)8-3-12-6-13-4-8/h3-7,9H,2,11H2,1H3/t9-/m1/s1. The first-order valence-electron chi connectivity index (χ1n) is 4.86. The predicted molar refractivity (Wildman–Crippen MR) is 56.4 cm³/mol. The van der Waals surface area contributed by atoms with E-state index in [1.54, 1.807) is 24.9 Å². The SMILES string of the molecule is CC[C@@H](N)c1cncn1-c1cncnc1. The van der Waals surface area contributed by atoms with Crippen molar-refractivity contribution in [1.29, 1.82) is 0 Å². The lowest BCUT2D eigenvalue weighted by Crippen LogP contribution is -2.13. The highest BCUT2D eigenvalue weighted by atomic mass is 15.1. The van der Waals surface area contributed by atoms with Crippen molar-refractivity contribution in [1.82, 2.24) is 19.5 Å². The molecule has 0 fully saturated rings. The number of hydrogen-bond acceptors (Lipinski definition) is 4. The second kappa shape index (κ2) is 4.18. The molecule has 0 saturated heterocycles. The Hall–Kier alpha value is -1.75. The molecule has 2 aromatic rings. The molecule has 0 aliphatic heterocycles. The molecule has 0 saturated carbocycles. The van der Waals surface area contributed by atoms with Crippen LogP contribution in [0.1, 0.15) is 25.1 Å². The van der Waals surface area contributed by atoms with Gasteiger partial charge in [-0.1, -0.05) is 6.92 Å². The first kappa shape index (κ1) is 9.79. The first-order valence-corrected chi connectivity index (χ1v) is 4.86. The summed E-state index contributed by atoms with van der Waals surface area (Å²) in [6, 6.07) is -0.00675. The zero-order valence-electron chi connectivity index (χ0n) is 8.54. The van der Waals surface area contributed by atoms with Crippen molar-refractivity contribution < 1.29 is 0 Å². The fraction of sp³-hybridized carbons (Fsp3) is 0.300. The van der Waals surface area contributed by atoms with E-state index in [9.17, 15) is 0 Å². The van der Waals surface area contributed by atoms with E-state index in [-0.39, 0.29) is 6.04 Å². The fourth-order valence-electron chi connectivity index (χ4n) is 1.42. The van der Waals surface area contributed by atoms with Gasteiger partial charge in [-0.2, -0.15) is 0 Å². The molecule has 2 heterocycles. The molecule has 2 N–H and O–H groups in total. The van der Waals surface area contributed by atoms with Crippen molar-refractivity contribution in [2.45, 2.75) is 19.4 Å². The third-order valence-corrected chi connectivity index (χ3v) is 2.31. The van der Waals surface area contributed by atoms with E-state index in [0.717, 1.165) is 17.8 Å². The second-order valence-electron chi connectivity index (χ2n) is 3.30. The largest absolute Gasteiger partial charge is 0.323 e. The lowest BCUT2D eigenvalue weighted by Gasteiger charge is -2.11. The highest BCUT2D eigenvalue weighted by Crippen LogP contribution is 2.16. The van der Waals surface area contributed by atoms with Gasteiger partial charge in [0.15, 0.2) is 0 Å². The van der Waals surface area contributed by atoms with Gasteiger partial charge >= 0.3 is 0 Å². The summed E-state index contributed by atoms with van der Waals surface area (Å²) in [6.07, 6.45) is 9.35. The van der Waals surface area contributed by atoms with Crippen LogP contribution in [-0.2, 0) is 0 Å². The molecule has 2 rings (SSSR count). The van der Waals surface area contributed by atoms with E-state index in [1.165, 1.54) is 6.33 Å². The zero-order chi connectivity index (χ0) is 10.7. The van der Waals surface area contributed by atoms with E-state index in [2.05, 4.69) is 15.0 Å². The molecule has 78 valence electrons. The van der Waals surface area contributed by atoms with Gasteiger partial charge in [0.25, 0.3) is 0 Å². The lowest BCUT2D eigenvalue weighted by atomic mass is 10.2. The smallest absolute Gasteiger partial charge is 0.115 e.